The Morgan fingerprint density at radius 3 is 2.70 bits per heavy atom. The number of hydrogen-bond donors (Lipinski definition) is 0. The normalized spacial score (nSPS) is 10.9. The molecule has 0 aliphatic heterocycles. The minimum absolute atomic E-state index is 0.126. The molecule has 2 nitrogen and oxygen atoms in total. The van der Waals surface area contributed by atoms with Crippen LogP contribution in [0.4, 0.5) is 0 Å². The summed E-state index contributed by atoms with van der Waals surface area (Å²) in [5, 5.41) is 1.55. The second-order valence-electron chi connectivity index (χ2n) is 4.63. The van der Waals surface area contributed by atoms with Crippen LogP contribution in [0.2, 0.25) is 5.02 Å². The fourth-order valence-corrected chi connectivity index (χ4v) is 2.44. The number of furan rings is 1. The molecule has 0 radical (unpaired) electrons. The van der Waals surface area contributed by atoms with Crippen LogP contribution in [0.15, 0.2) is 52.9 Å². The van der Waals surface area contributed by atoms with Gasteiger partial charge in [0.25, 0.3) is 0 Å². The van der Waals surface area contributed by atoms with Crippen molar-refractivity contribution in [1.29, 1.82) is 0 Å². The molecular weight excluding hydrogens is 272 g/mol. The Hall–Kier alpha value is -2.06. The van der Waals surface area contributed by atoms with Gasteiger partial charge in [-0.05, 0) is 18.2 Å². The van der Waals surface area contributed by atoms with E-state index in [0.29, 0.717) is 22.6 Å². The Balaban J connectivity index is 2.11. The first kappa shape index (κ1) is 12.9. The van der Waals surface area contributed by atoms with Crippen molar-refractivity contribution in [3.8, 4) is 11.3 Å². The molecule has 0 saturated carbocycles. The molecule has 0 atom stereocenters. The molecule has 20 heavy (non-hydrogen) atoms. The number of carbonyl (C=O) groups excluding carboxylic acids is 1. The van der Waals surface area contributed by atoms with Crippen LogP contribution in [0, 0.1) is 0 Å². The summed E-state index contributed by atoms with van der Waals surface area (Å²) in [4.78, 5) is 11.8. The van der Waals surface area contributed by atoms with E-state index < -0.39 is 0 Å². The lowest BCUT2D eigenvalue weighted by Gasteiger charge is -2.01. The Labute approximate surface area is 122 Å². The van der Waals surface area contributed by atoms with E-state index in [1.807, 2.05) is 49.4 Å². The van der Waals surface area contributed by atoms with Crippen molar-refractivity contribution >= 4 is 28.4 Å². The monoisotopic (exact) mass is 284 g/mol. The highest BCUT2D eigenvalue weighted by atomic mass is 35.5. The Bertz CT molecular complexity index is 787. The summed E-state index contributed by atoms with van der Waals surface area (Å²) < 4.78 is 5.81. The van der Waals surface area contributed by atoms with E-state index in [-0.39, 0.29) is 5.78 Å². The number of carbonyl (C=O) groups is 1. The summed E-state index contributed by atoms with van der Waals surface area (Å²) in [6.45, 7) is 1.86. The molecule has 3 rings (SSSR count). The number of halogens is 1. The number of para-hydroxylation sites is 1. The molecule has 0 aliphatic rings. The molecule has 0 unspecified atom stereocenters. The molecule has 0 spiro atoms. The van der Waals surface area contributed by atoms with Crippen LogP contribution in [0.5, 0.6) is 0 Å². The Kier molecular flexibility index (Phi) is 3.33. The third kappa shape index (κ3) is 2.23. The molecule has 0 aliphatic carbocycles. The van der Waals surface area contributed by atoms with Crippen LogP contribution in [0.3, 0.4) is 0 Å². The average molecular weight is 285 g/mol. The van der Waals surface area contributed by atoms with E-state index in [1.165, 1.54) is 0 Å². The van der Waals surface area contributed by atoms with Gasteiger partial charge in [0, 0.05) is 22.9 Å². The lowest BCUT2D eigenvalue weighted by molar-refractivity contribution is 0.0988. The number of benzene rings is 2. The van der Waals surface area contributed by atoms with E-state index in [0.717, 1.165) is 16.7 Å². The number of Topliss-reactive ketones (excluding diaryl/α,β-unsaturated/α-hetero) is 1. The molecule has 0 N–H and O–H groups in total. The van der Waals surface area contributed by atoms with Gasteiger partial charge in [-0.3, -0.25) is 4.79 Å². The lowest BCUT2D eigenvalue weighted by atomic mass is 10.0. The van der Waals surface area contributed by atoms with Crippen LogP contribution < -0.4 is 0 Å². The first-order chi connectivity index (χ1) is 9.69. The van der Waals surface area contributed by atoms with E-state index in [4.69, 9.17) is 16.0 Å². The first-order valence-corrected chi connectivity index (χ1v) is 6.88. The molecule has 0 amide bonds. The zero-order valence-corrected chi connectivity index (χ0v) is 11.8. The molecule has 3 heteroatoms. The van der Waals surface area contributed by atoms with Gasteiger partial charge in [0.1, 0.15) is 5.76 Å². The van der Waals surface area contributed by atoms with Gasteiger partial charge >= 0.3 is 0 Å². The second-order valence-corrected chi connectivity index (χ2v) is 5.03. The average Bonchev–Trinajstić information content (AvgIpc) is 2.92. The largest absolute Gasteiger partial charge is 0.455 e. The maximum atomic E-state index is 11.8. The number of hydrogen-bond acceptors (Lipinski definition) is 2. The highest BCUT2D eigenvalue weighted by molar-refractivity contribution is 6.34. The molecular formula is C17H13ClO2. The summed E-state index contributed by atoms with van der Waals surface area (Å²) in [6, 6.07) is 15.1. The highest BCUT2D eigenvalue weighted by Crippen LogP contribution is 2.32. The lowest BCUT2D eigenvalue weighted by Crippen LogP contribution is -1.95. The topological polar surface area (TPSA) is 30.2 Å². The quantitative estimate of drug-likeness (QED) is 0.607. The van der Waals surface area contributed by atoms with Gasteiger partial charge in [0.05, 0.1) is 5.02 Å². The Morgan fingerprint density at radius 1 is 1.15 bits per heavy atom. The van der Waals surface area contributed by atoms with Gasteiger partial charge in [-0.15, -0.1) is 0 Å². The van der Waals surface area contributed by atoms with Gasteiger partial charge in [0.15, 0.2) is 11.4 Å². The minimum atomic E-state index is 0.126. The number of fused-ring (bicyclic) bond motifs is 1. The Morgan fingerprint density at radius 2 is 1.95 bits per heavy atom. The van der Waals surface area contributed by atoms with Crippen molar-refractivity contribution in [1.82, 2.24) is 0 Å². The smallest absolute Gasteiger partial charge is 0.162 e. The van der Waals surface area contributed by atoms with Gasteiger partial charge in [0.2, 0.25) is 0 Å². The maximum Gasteiger partial charge on any atom is 0.162 e. The van der Waals surface area contributed by atoms with Crippen molar-refractivity contribution in [3.63, 3.8) is 0 Å². The molecule has 2 aromatic carbocycles. The minimum Gasteiger partial charge on any atom is -0.455 e. The van der Waals surface area contributed by atoms with Gasteiger partial charge in [-0.25, -0.2) is 0 Å². The number of ketones is 1. The fraction of sp³-hybridized carbons (Fsp3) is 0.118. The predicted molar refractivity (Wildman–Crippen MR) is 81.3 cm³/mol. The molecule has 0 fully saturated rings. The van der Waals surface area contributed by atoms with Crippen molar-refractivity contribution < 1.29 is 9.21 Å². The van der Waals surface area contributed by atoms with Crippen LogP contribution in [0.1, 0.15) is 23.7 Å². The number of rotatable bonds is 3. The second kappa shape index (κ2) is 5.14. The van der Waals surface area contributed by atoms with E-state index in [1.54, 1.807) is 6.07 Å². The summed E-state index contributed by atoms with van der Waals surface area (Å²) in [5.74, 6) is 0.847. The molecule has 0 bridgehead atoms. The summed E-state index contributed by atoms with van der Waals surface area (Å²) in [7, 11) is 0. The molecule has 1 heterocycles. The standard InChI is InChI=1S/C17H13ClO2/c1-2-15(19)11-5-3-6-12(9-11)16-10-13-7-4-8-14(18)17(13)20-16/h3-10H,2H2,1H3. The summed E-state index contributed by atoms with van der Waals surface area (Å²) in [5.41, 5.74) is 2.27. The van der Waals surface area contributed by atoms with E-state index in [2.05, 4.69) is 0 Å². The predicted octanol–water partition coefficient (Wildman–Crippen LogP) is 5.35. The summed E-state index contributed by atoms with van der Waals surface area (Å²) >= 11 is 6.11. The van der Waals surface area contributed by atoms with Crippen molar-refractivity contribution in [2.24, 2.45) is 0 Å². The van der Waals surface area contributed by atoms with Crippen LogP contribution in [-0.4, -0.2) is 5.78 Å². The van der Waals surface area contributed by atoms with Gasteiger partial charge < -0.3 is 4.42 Å². The SMILES string of the molecule is CCC(=O)c1cccc(-c2cc3cccc(Cl)c3o2)c1. The van der Waals surface area contributed by atoms with E-state index in [9.17, 15) is 4.79 Å². The van der Waals surface area contributed by atoms with Crippen LogP contribution in [-0.2, 0) is 0 Å². The molecule has 1 aromatic heterocycles. The molecule has 100 valence electrons. The van der Waals surface area contributed by atoms with Gasteiger partial charge in [-0.2, -0.15) is 0 Å². The van der Waals surface area contributed by atoms with Crippen molar-refractivity contribution in [2.45, 2.75) is 13.3 Å². The van der Waals surface area contributed by atoms with Crippen LogP contribution >= 0.6 is 11.6 Å². The van der Waals surface area contributed by atoms with Crippen molar-refractivity contribution in [2.75, 3.05) is 0 Å². The third-order valence-electron chi connectivity index (χ3n) is 3.29. The first-order valence-electron chi connectivity index (χ1n) is 6.50. The fourth-order valence-electron chi connectivity index (χ4n) is 2.22. The highest BCUT2D eigenvalue weighted by Gasteiger charge is 2.10. The molecule has 0 saturated heterocycles. The summed E-state index contributed by atoms with van der Waals surface area (Å²) in [6.07, 6.45) is 0.495. The zero-order chi connectivity index (χ0) is 14.1. The molecule has 3 aromatic rings. The maximum absolute atomic E-state index is 11.8. The van der Waals surface area contributed by atoms with E-state index >= 15 is 0 Å². The zero-order valence-electron chi connectivity index (χ0n) is 11.0. The third-order valence-corrected chi connectivity index (χ3v) is 3.58. The van der Waals surface area contributed by atoms with Gasteiger partial charge in [-0.1, -0.05) is 48.9 Å². The van der Waals surface area contributed by atoms with Crippen molar-refractivity contribution in [3.05, 3.63) is 59.1 Å². The van der Waals surface area contributed by atoms with Crippen LogP contribution in [0.25, 0.3) is 22.3 Å².